The fourth-order valence-corrected chi connectivity index (χ4v) is 5.21. The number of carbonyl (C=O) groups excluding carboxylic acids is 1. The topological polar surface area (TPSA) is 50.1 Å². The van der Waals surface area contributed by atoms with Gasteiger partial charge in [-0.15, -0.1) is 0 Å². The van der Waals surface area contributed by atoms with E-state index in [9.17, 15) is 4.79 Å². The molecule has 0 bridgehead atoms. The Morgan fingerprint density at radius 3 is 2.35 bits per heavy atom. The molecule has 2 fully saturated rings. The van der Waals surface area contributed by atoms with Crippen LogP contribution in [0.25, 0.3) is 0 Å². The van der Waals surface area contributed by atoms with E-state index in [1.54, 1.807) is 6.08 Å². The number of aryl methyl sites for hydroxylation is 1. The third kappa shape index (κ3) is 7.53. The standard InChI is InChI=1S/C28H39NO2/c1-2-3-4-5-7-22-9-13-24(14-10-22)25-15-17-26(18-16-25)28(30)31-27-19-11-23(12-20-27)8-6-21-29/h6,8-10,13-14,23,25-27H,2-5,7,11-12,15-20H2,1H3/t23-,25-,26-,27-. The summed E-state index contributed by atoms with van der Waals surface area (Å²) in [5, 5.41) is 8.66. The molecule has 0 N–H and O–H groups in total. The number of esters is 1. The molecule has 0 heterocycles. The summed E-state index contributed by atoms with van der Waals surface area (Å²) < 4.78 is 5.87. The van der Waals surface area contributed by atoms with Crippen molar-refractivity contribution in [1.29, 1.82) is 5.26 Å². The van der Waals surface area contributed by atoms with E-state index in [4.69, 9.17) is 10.00 Å². The lowest BCUT2D eigenvalue weighted by Gasteiger charge is -2.31. The molecule has 0 spiro atoms. The minimum Gasteiger partial charge on any atom is -0.462 e. The van der Waals surface area contributed by atoms with Gasteiger partial charge in [-0.25, -0.2) is 0 Å². The first kappa shape index (κ1) is 23.6. The van der Waals surface area contributed by atoms with Crippen LogP contribution in [0.15, 0.2) is 36.4 Å². The highest BCUT2D eigenvalue weighted by Gasteiger charge is 2.30. The van der Waals surface area contributed by atoms with Gasteiger partial charge in [0.15, 0.2) is 0 Å². The van der Waals surface area contributed by atoms with Crippen LogP contribution in [0.4, 0.5) is 0 Å². The van der Waals surface area contributed by atoms with Gasteiger partial charge < -0.3 is 4.74 Å². The Balaban J connectivity index is 1.38. The second-order valence-electron chi connectivity index (χ2n) is 9.56. The first-order valence-corrected chi connectivity index (χ1v) is 12.5. The zero-order valence-corrected chi connectivity index (χ0v) is 19.2. The van der Waals surface area contributed by atoms with Crippen LogP contribution in [-0.4, -0.2) is 12.1 Å². The van der Waals surface area contributed by atoms with Gasteiger partial charge >= 0.3 is 5.97 Å². The molecule has 0 radical (unpaired) electrons. The molecular formula is C28H39NO2. The van der Waals surface area contributed by atoms with Crippen LogP contribution in [0.1, 0.15) is 101 Å². The van der Waals surface area contributed by atoms with Crippen molar-refractivity contribution in [2.75, 3.05) is 0 Å². The van der Waals surface area contributed by atoms with Gasteiger partial charge in [-0.1, -0.05) is 56.5 Å². The maximum Gasteiger partial charge on any atom is 0.309 e. The summed E-state index contributed by atoms with van der Waals surface area (Å²) in [6.07, 6.45) is 18.0. The van der Waals surface area contributed by atoms with Crippen molar-refractivity contribution in [3.63, 3.8) is 0 Å². The lowest BCUT2D eigenvalue weighted by atomic mass is 9.78. The summed E-state index contributed by atoms with van der Waals surface area (Å²) in [5.41, 5.74) is 2.89. The van der Waals surface area contributed by atoms with Gasteiger partial charge in [0.05, 0.1) is 12.0 Å². The maximum atomic E-state index is 12.7. The molecule has 0 atom stereocenters. The third-order valence-electron chi connectivity index (χ3n) is 7.28. The molecule has 0 unspecified atom stereocenters. The molecule has 2 aliphatic rings. The maximum absolute atomic E-state index is 12.7. The molecule has 1 aromatic carbocycles. The van der Waals surface area contributed by atoms with E-state index < -0.39 is 0 Å². The Hall–Kier alpha value is -2.08. The van der Waals surface area contributed by atoms with E-state index >= 15 is 0 Å². The van der Waals surface area contributed by atoms with Gasteiger partial charge in [-0.3, -0.25) is 4.79 Å². The Morgan fingerprint density at radius 2 is 1.71 bits per heavy atom. The average Bonchev–Trinajstić information content (AvgIpc) is 2.82. The molecule has 0 aromatic heterocycles. The number of nitriles is 1. The van der Waals surface area contributed by atoms with Crippen molar-refractivity contribution < 1.29 is 9.53 Å². The smallest absolute Gasteiger partial charge is 0.309 e. The van der Waals surface area contributed by atoms with Crippen molar-refractivity contribution in [3.05, 3.63) is 47.5 Å². The number of benzene rings is 1. The van der Waals surface area contributed by atoms with E-state index in [-0.39, 0.29) is 18.0 Å². The molecule has 0 aliphatic heterocycles. The lowest BCUT2D eigenvalue weighted by molar-refractivity contribution is -0.157. The minimum absolute atomic E-state index is 0.0249. The number of allylic oxidation sites excluding steroid dienone is 2. The molecule has 3 rings (SSSR count). The number of unbranched alkanes of at least 4 members (excludes halogenated alkanes) is 3. The SMILES string of the molecule is CCCCCCc1ccc([C@H]2CC[C@H](C(=O)O[C@H]3CC[C@H](C=CC#N)CC3)CC2)cc1. The summed E-state index contributed by atoms with van der Waals surface area (Å²) >= 11 is 0. The quantitative estimate of drug-likeness (QED) is 0.239. The number of hydrogen-bond donors (Lipinski definition) is 0. The molecule has 3 heteroatoms. The van der Waals surface area contributed by atoms with Crippen LogP contribution in [0.2, 0.25) is 0 Å². The molecular weight excluding hydrogens is 382 g/mol. The van der Waals surface area contributed by atoms with Gasteiger partial charge in [-0.05, 0) is 87.2 Å². The Morgan fingerprint density at radius 1 is 1.00 bits per heavy atom. The van der Waals surface area contributed by atoms with Crippen molar-refractivity contribution >= 4 is 5.97 Å². The van der Waals surface area contributed by atoms with E-state index in [1.165, 1.54) is 43.2 Å². The average molecular weight is 422 g/mol. The third-order valence-corrected chi connectivity index (χ3v) is 7.28. The first-order valence-electron chi connectivity index (χ1n) is 12.5. The number of nitrogens with zero attached hydrogens (tertiary/aromatic N) is 1. The molecule has 0 amide bonds. The second kappa shape index (κ2) is 12.7. The summed E-state index contributed by atoms with van der Waals surface area (Å²) in [5.74, 6) is 1.15. The Labute approximate surface area is 188 Å². The van der Waals surface area contributed by atoms with E-state index in [0.29, 0.717) is 11.8 Å². The van der Waals surface area contributed by atoms with Crippen LogP contribution < -0.4 is 0 Å². The summed E-state index contributed by atoms with van der Waals surface area (Å²) in [6.45, 7) is 2.26. The number of hydrogen-bond acceptors (Lipinski definition) is 3. The second-order valence-corrected chi connectivity index (χ2v) is 9.56. The molecule has 3 nitrogen and oxygen atoms in total. The van der Waals surface area contributed by atoms with Crippen LogP contribution in [-0.2, 0) is 16.0 Å². The number of ether oxygens (including phenoxy) is 1. The van der Waals surface area contributed by atoms with E-state index in [1.807, 2.05) is 6.08 Å². The fraction of sp³-hybridized carbons (Fsp3) is 0.643. The number of rotatable bonds is 9. The van der Waals surface area contributed by atoms with Gasteiger partial charge in [0.1, 0.15) is 6.10 Å². The summed E-state index contributed by atoms with van der Waals surface area (Å²) in [6, 6.07) is 11.3. The van der Waals surface area contributed by atoms with Gasteiger partial charge in [0.25, 0.3) is 0 Å². The van der Waals surface area contributed by atoms with E-state index in [0.717, 1.165) is 51.4 Å². The highest BCUT2D eigenvalue weighted by Crippen LogP contribution is 2.37. The highest BCUT2D eigenvalue weighted by atomic mass is 16.5. The van der Waals surface area contributed by atoms with Crippen molar-refractivity contribution in [3.8, 4) is 6.07 Å². The van der Waals surface area contributed by atoms with Crippen molar-refractivity contribution in [2.45, 2.75) is 102 Å². The predicted octanol–water partition coefficient (Wildman–Crippen LogP) is 7.26. The van der Waals surface area contributed by atoms with Crippen LogP contribution in [0.3, 0.4) is 0 Å². The van der Waals surface area contributed by atoms with E-state index in [2.05, 4.69) is 37.3 Å². The van der Waals surface area contributed by atoms with Crippen LogP contribution in [0.5, 0.6) is 0 Å². The molecule has 168 valence electrons. The molecule has 0 saturated heterocycles. The zero-order chi connectivity index (χ0) is 21.9. The minimum atomic E-state index is 0.0249. The fourth-order valence-electron chi connectivity index (χ4n) is 5.21. The van der Waals surface area contributed by atoms with Crippen molar-refractivity contribution in [2.24, 2.45) is 11.8 Å². The predicted molar refractivity (Wildman–Crippen MR) is 126 cm³/mol. The van der Waals surface area contributed by atoms with Gasteiger partial charge in [-0.2, -0.15) is 5.26 Å². The highest BCUT2D eigenvalue weighted by molar-refractivity contribution is 5.72. The Bertz CT molecular complexity index is 729. The summed E-state index contributed by atoms with van der Waals surface area (Å²) in [4.78, 5) is 12.7. The first-order chi connectivity index (χ1) is 15.2. The molecule has 2 saturated carbocycles. The van der Waals surface area contributed by atoms with Gasteiger partial charge in [0.2, 0.25) is 0 Å². The van der Waals surface area contributed by atoms with Gasteiger partial charge in [0, 0.05) is 6.08 Å². The largest absolute Gasteiger partial charge is 0.462 e. The molecule has 2 aliphatic carbocycles. The number of carbonyl (C=O) groups is 1. The van der Waals surface area contributed by atoms with Crippen LogP contribution >= 0.6 is 0 Å². The zero-order valence-electron chi connectivity index (χ0n) is 19.2. The monoisotopic (exact) mass is 421 g/mol. The molecule has 31 heavy (non-hydrogen) atoms. The van der Waals surface area contributed by atoms with Crippen LogP contribution in [0, 0.1) is 23.2 Å². The normalized spacial score (nSPS) is 26.5. The lowest BCUT2D eigenvalue weighted by Crippen LogP contribution is -2.29. The Kier molecular flexibility index (Phi) is 9.66. The molecule has 1 aromatic rings. The van der Waals surface area contributed by atoms with Crippen molar-refractivity contribution in [1.82, 2.24) is 0 Å². The summed E-state index contributed by atoms with van der Waals surface area (Å²) in [7, 11) is 0.